The molecule has 6 nitrogen and oxygen atoms in total. The molecule has 10 heavy (non-hydrogen) atoms. The molecule has 0 rings (SSSR count). The van der Waals surface area contributed by atoms with Gasteiger partial charge in [-0.1, -0.05) is 0 Å². The smallest absolute Gasteiger partial charge is 0.281 e. The van der Waals surface area contributed by atoms with Crippen molar-refractivity contribution in [3.63, 3.8) is 0 Å². The summed E-state index contributed by atoms with van der Waals surface area (Å²) < 4.78 is 54.2. The van der Waals surface area contributed by atoms with E-state index in [-0.39, 0.29) is 29.6 Å². The van der Waals surface area contributed by atoms with Crippen LogP contribution in [0, 0.1) is 0 Å². The third-order valence-electron chi connectivity index (χ3n) is 0.298. The predicted octanol–water partition coefficient (Wildman–Crippen LogP) is -1.66. The predicted molar refractivity (Wildman–Crippen MR) is 33.7 cm³/mol. The molecule has 0 aliphatic rings. The first kappa shape index (κ1) is 13.4. The van der Waals surface area contributed by atoms with E-state index in [1.54, 1.807) is 0 Å². The van der Waals surface area contributed by atoms with Gasteiger partial charge in [-0.3, -0.25) is 9.11 Å². The van der Waals surface area contributed by atoms with Gasteiger partial charge in [-0.25, -0.2) is 0 Å². The van der Waals surface area contributed by atoms with Gasteiger partial charge in [-0.05, 0) is 0 Å². The number of hydrogen-bond acceptors (Lipinski definition) is 4. The molecule has 0 unspecified atom stereocenters. The minimum Gasteiger partial charge on any atom is -0.285 e. The van der Waals surface area contributed by atoms with Crippen LogP contribution in [0.1, 0.15) is 0 Å². The maximum atomic E-state index is 9.66. The first-order valence-corrected chi connectivity index (χ1v) is 4.83. The Kier molecular flexibility index (Phi) is 5.36. The molecule has 9 heteroatoms. The van der Waals surface area contributed by atoms with E-state index in [2.05, 4.69) is 0 Å². The molecule has 0 aliphatic heterocycles. The van der Waals surface area contributed by atoms with E-state index in [4.69, 9.17) is 9.11 Å². The first-order chi connectivity index (χ1) is 3.71. The van der Waals surface area contributed by atoms with E-state index >= 15 is 0 Å². The van der Waals surface area contributed by atoms with Crippen molar-refractivity contribution < 1.29 is 25.9 Å². The zero-order valence-electron chi connectivity index (χ0n) is 5.05. The molecule has 0 atom stereocenters. The fourth-order valence-corrected chi connectivity index (χ4v) is 1.69. The van der Waals surface area contributed by atoms with Gasteiger partial charge in [0, 0.05) is 29.6 Å². The fraction of sp³-hybridized carbons (Fsp3) is 1.00. The van der Waals surface area contributed by atoms with Crippen LogP contribution in [0.4, 0.5) is 0 Å². The van der Waals surface area contributed by atoms with Crippen LogP contribution >= 0.6 is 0 Å². The molecule has 0 aliphatic carbocycles. The van der Waals surface area contributed by atoms with Crippen LogP contribution in [0.2, 0.25) is 0 Å². The molecule has 0 heterocycles. The van der Waals surface area contributed by atoms with Gasteiger partial charge in [0.15, 0.2) is 0 Å². The second-order valence-corrected chi connectivity index (χ2v) is 4.55. The molecule has 0 aromatic rings. The molecule has 57 valence electrons. The van der Waals surface area contributed by atoms with Crippen LogP contribution < -0.4 is 0 Å². The molecule has 0 fully saturated rings. The van der Waals surface area contributed by atoms with Crippen LogP contribution in [0.25, 0.3) is 0 Å². The Morgan fingerprint density at radius 2 is 1.10 bits per heavy atom. The molecule has 0 aromatic carbocycles. The van der Waals surface area contributed by atoms with Crippen LogP contribution in [0.15, 0.2) is 0 Å². The average molecular weight is 199 g/mol. The first-order valence-electron chi connectivity index (χ1n) is 1.61. The van der Waals surface area contributed by atoms with Crippen molar-refractivity contribution >= 4 is 49.8 Å². The van der Waals surface area contributed by atoms with Gasteiger partial charge in [0.25, 0.3) is 20.2 Å². The van der Waals surface area contributed by atoms with Crippen LogP contribution in [0.5, 0.6) is 0 Å². The van der Waals surface area contributed by atoms with Crippen molar-refractivity contribution in [2.24, 2.45) is 0 Å². The largest absolute Gasteiger partial charge is 0.285 e. The topological polar surface area (TPSA) is 109 Å². The van der Waals surface area contributed by atoms with Gasteiger partial charge >= 0.3 is 0 Å². The Morgan fingerprint density at radius 1 is 0.900 bits per heavy atom. The second-order valence-electron chi connectivity index (χ2n) is 1.28. The third-order valence-corrected chi connectivity index (χ3v) is 2.68. The van der Waals surface area contributed by atoms with Gasteiger partial charge in [0.05, 0.1) is 0 Å². The van der Waals surface area contributed by atoms with Gasteiger partial charge in [-0.15, -0.1) is 0 Å². The molecule has 0 aromatic heterocycles. The Balaban J connectivity index is 0. The molecular weight excluding hydrogens is 195 g/mol. The van der Waals surface area contributed by atoms with Crippen molar-refractivity contribution in [2.45, 2.75) is 0 Å². The van der Waals surface area contributed by atoms with E-state index < -0.39 is 25.3 Å². The SMILES string of the molecule is O=S(=O)(O)CS(=O)(=O)O.[Na]. The molecule has 0 spiro atoms. The zero-order valence-corrected chi connectivity index (χ0v) is 8.68. The second kappa shape index (κ2) is 4.00. The Morgan fingerprint density at radius 3 is 1.10 bits per heavy atom. The normalized spacial score (nSPS) is 12.2. The Hall–Kier alpha value is 0.820. The Labute approximate surface area is 80.4 Å². The molecule has 0 saturated carbocycles. The molecule has 0 saturated heterocycles. The fourth-order valence-electron chi connectivity index (χ4n) is 0.188. The van der Waals surface area contributed by atoms with Crippen molar-refractivity contribution in [3.05, 3.63) is 0 Å². The zero-order chi connectivity index (χ0) is 7.71. The van der Waals surface area contributed by atoms with E-state index in [9.17, 15) is 16.8 Å². The minimum atomic E-state index is -4.62. The van der Waals surface area contributed by atoms with Gasteiger partial charge in [0.1, 0.15) is 0 Å². The molecule has 2 N–H and O–H groups in total. The molecule has 0 bridgehead atoms. The average Bonchev–Trinajstić information content (AvgIpc) is 1.14. The van der Waals surface area contributed by atoms with Gasteiger partial charge < -0.3 is 0 Å². The van der Waals surface area contributed by atoms with Crippen LogP contribution in [0.3, 0.4) is 0 Å². The summed E-state index contributed by atoms with van der Waals surface area (Å²) in [5.41, 5.74) is 0. The minimum absolute atomic E-state index is 0. The summed E-state index contributed by atoms with van der Waals surface area (Å²) in [6.07, 6.45) is 0. The maximum absolute atomic E-state index is 9.66. The van der Waals surface area contributed by atoms with Crippen molar-refractivity contribution in [1.82, 2.24) is 0 Å². The summed E-state index contributed by atoms with van der Waals surface area (Å²) in [7, 11) is -9.24. The maximum Gasteiger partial charge on any atom is 0.281 e. The van der Waals surface area contributed by atoms with Crippen LogP contribution in [-0.4, -0.2) is 60.6 Å². The van der Waals surface area contributed by atoms with Gasteiger partial charge in [0.2, 0.25) is 5.08 Å². The summed E-state index contributed by atoms with van der Waals surface area (Å²) in [5, 5.41) is -1.65. The summed E-state index contributed by atoms with van der Waals surface area (Å²) in [4.78, 5) is 0. The molecule has 1 radical (unpaired) electrons. The monoisotopic (exact) mass is 199 g/mol. The summed E-state index contributed by atoms with van der Waals surface area (Å²) >= 11 is 0. The third kappa shape index (κ3) is 11.6. The van der Waals surface area contributed by atoms with E-state index in [0.29, 0.717) is 0 Å². The van der Waals surface area contributed by atoms with E-state index in [0.717, 1.165) is 0 Å². The number of hydrogen-bond donors (Lipinski definition) is 2. The number of rotatable bonds is 2. The summed E-state index contributed by atoms with van der Waals surface area (Å²) in [5.74, 6) is 0. The van der Waals surface area contributed by atoms with Crippen LogP contribution in [-0.2, 0) is 20.2 Å². The van der Waals surface area contributed by atoms with E-state index in [1.807, 2.05) is 0 Å². The van der Waals surface area contributed by atoms with Crippen molar-refractivity contribution in [3.8, 4) is 0 Å². The standard InChI is InChI=1S/CH4O6S2.Na/c2-8(3,4)1-9(5,6)7;/h1H2,(H,2,3,4)(H,5,6,7);. The van der Waals surface area contributed by atoms with Gasteiger partial charge in [-0.2, -0.15) is 16.8 Å². The molecular formula is CH4NaO6S2. The molecule has 0 amide bonds. The Bertz CT molecular complexity index is 241. The summed E-state index contributed by atoms with van der Waals surface area (Å²) in [6, 6.07) is 0. The van der Waals surface area contributed by atoms with Crippen molar-refractivity contribution in [1.29, 1.82) is 0 Å². The quantitative estimate of drug-likeness (QED) is 0.407. The van der Waals surface area contributed by atoms with E-state index in [1.165, 1.54) is 0 Å². The summed E-state index contributed by atoms with van der Waals surface area (Å²) in [6.45, 7) is 0. The van der Waals surface area contributed by atoms with Crippen molar-refractivity contribution in [2.75, 3.05) is 5.08 Å².